The minimum absolute atomic E-state index is 0.302. The Balaban J connectivity index is 2.43. The van der Waals surface area contributed by atoms with Gasteiger partial charge in [0, 0.05) is 44.3 Å². The lowest BCUT2D eigenvalue weighted by Gasteiger charge is -2.19. The molecule has 2 rings (SSSR count). The molecule has 9 nitrogen and oxygen atoms in total. The molecule has 0 fully saturated rings. The molecule has 10 heteroatoms. The monoisotopic (exact) mass is 325 g/mol. The number of nitrogens with two attached hydrogens (primary N) is 1. The molecule has 0 aliphatic rings. The minimum atomic E-state index is -4.04. The first-order chi connectivity index (χ1) is 10.2. The summed E-state index contributed by atoms with van der Waals surface area (Å²) in [4.78, 5) is 15.8. The molecule has 0 aliphatic carbocycles. The van der Waals surface area contributed by atoms with Gasteiger partial charge in [0.1, 0.15) is 5.82 Å². The number of anilines is 1. The summed E-state index contributed by atoms with van der Waals surface area (Å²) in [7, 11) is -0.537. The molecular weight excluding hydrogens is 310 g/mol. The zero-order chi connectivity index (χ0) is 16.5. The fourth-order valence-electron chi connectivity index (χ4n) is 1.91. The lowest BCUT2D eigenvalue weighted by Crippen LogP contribution is -2.20. The standard InChI is InChI=1S/C12H15N5O4S/c1-15-4-3-14-12(15)8-16(2)9-5-10(17(18)19)7-11(6-9)22(13,20)21/h3-7H,8H2,1-2H3,(H2,13,20,21). The predicted octanol–water partition coefficient (Wildman–Crippen LogP) is 0.612. The number of non-ortho nitro benzene ring substituents is 1. The number of aromatic nitrogens is 2. The maximum atomic E-state index is 11.5. The molecule has 0 atom stereocenters. The Bertz CT molecular complexity index is 815. The predicted molar refractivity (Wildman–Crippen MR) is 79.8 cm³/mol. The van der Waals surface area contributed by atoms with Crippen LogP contribution < -0.4 is 10.0 Å². The van der Waals surface area contributed by atoms with Gasteiger partial charge < -0.3 is 9.47 Å². The summed E-state index contributed by atoms with van der Waals surface area (Å²) in [5.74, 6) is 0.728. The molecule has 0 bridgehead atoms. The third-order valence-electron chi connectivity index (χ3n) is 3.16. The summed E-state index contributed by atoms with van der Waals surface area (Å²) in [5, 5.41) is 16.0. The second kappa shape index (κ2) is 5.73. The summed E-state index contributed by atoms with van der Waals surface area (Å²) in [5.41, 5.74) is 0.0226. The van der Waals surface area contributed by atoms with Crippen LogP contribution in [-0.4, -0.2) is 29.9 Å². The number of benzene rings is 1. The first-order valence-electron chi connectivity index (χ1n) is 6.18. The van der Waals surface area contributed by atoms with Crippen LogP contribution in [0, 0.1) is 10.1 Å². The van der Waals surface area contributed by atoms with Crippen molar-refractivity contribution in [1.82, 2.24) is 9.55 Å². The highest BCUT2D eigenvalue weighted by atomic mass is 32.2. The summed E-state index contributed by atoms with van der Waals surface area (Å²) < 4.78 is 24.7. The maximum Gasteiger partial charge on any atom is 0.272 e. The van der Waals surface area contributed by atoms with Crippen molar-refractivity contribution in [2.24, 2.45) is 12.2 Å². The van der Waals surface area contributed by atoms with Gasteiger partial charge in [-0.3, -0.25) is 10.1 Å². The number of nitro groups is 1. The van der Waals surface area contributed by atoms with Gasteiger partial charge in [-0.2, -0.15) is 0 Å². The smallest absolute Gasteiger partial charge is 0.272 e. The summed E-state index contributed by atoms with van der Waals surface area (Å²) in [6.45, 7) is 0.356. The molecule has 0 unspecified atom stereocenters. The Morgan fingerprint density at radius 3 is 2.59 bits per heavy atom. The molecule has 1 heterocycles. The molecular formula is C12H15N5O4S. The number of aryl methyl sites for hydroxylation is 1. The fourth-order valence-corrected chi connectivity index (χ4v) is 2.48. The highest BCUT2D eigenvalue weighted by molar-refractivity contribution is 7.89. The van der Waals surface area contributed by atoms with Gasteiger partial charge in [-0.1, -0.05) is 0 Å². The van der Waals surface area contributed by atoms with Crippen LogP contribution in [0.15, 0.2) is 35.5 Å². The number of primary sulfonamides is 1. The quantitative estimate of drug-likeness (QED) is 0.634. The van der Waals surface area contributed by atoms with Crippen molar-refractivity contribution in [2.75, 3.05) is 11.9 Å². The number of nitrogens with zero attached hydrogens (tertiary/aromatic N) is 4. The highest BCUT2D eigenvalue weighted by Gasteiger charge is 2.18. The largest absolute Gasteiger partial charge is 0.367 e. The van der Waals surface area contributed by atoms with Crippen molar-refractivity contribution >= 4 is 21.4 Å². The number of nitro benzene ring substituents is 1. The van der Waals surface area contributed by atoms with E-state index in [0.29, 0.717) is 12.2 Å². The Kier molecular flexibility index (Phi) is 4.15. The molecule has 118 valence electrons. The fraction of sp³-hybridized carbons (Fsp3) is 0.250. The number of rotatable bonds is 5. The minimum Gasteiger partial charge on any atom is -0.367 e. The molecule has 0 amide bonds. The van der Waals surface area contributed by atoms with Gasteiger partial charge in [0.25, 0.3) is 5.69 Å². The van der Waals surface area contributed by atoms with E-state index in [4.69, 9.17) is 5.14 Å². The molecule has 2 N–H and O–H groups in total. The van der Waals surface area contributed by atoms with Crippen LogP contribution in [-0.2, 0) is 23.6 Å². The summed E-state index contributed by atoms with van der Waals surface area (Å²) in [6.07, 6.45) is 3.40. The van der Waals surface area contributed by atoms with Crippen LogP contribution in [0.4, 0.5) is 11.4 Å². The van der Waals surface area contributed by atoms with E-state index < -0.39 is 14.9 Å². The number of imidazole rings is 1. The van der Waals surface area contributed by atoms with Gasteiger partial charge in [0.2, 0.25) is 10.0 Å². The Morgan fingerprint density at radius 2 is 2.09 bits per heavy atom. The molecule has 0 radical (unpaired) electrons. The van der Waals surface area contributed by atoms with Gasteiger partial charge in [-0.15, -0.1) is 0 Å². The first-order valence-corrected chi connectivity index (χ1v) is 7.73. The van der Waals surface area contributed by atoms with Crippen LogP contribution in [0.1, 0.15) is 5.82 Å². The Hall–Kier alpha value is -2.46. The third-order valence-corrected chi connectivity index (χ3v) is 4.05. The van der Waals surface area contributed by atoms with E-state index in [2.05, 4.69) is 4.98 Å². The zero-order valence-corrected chi connectivity index (χ0v) is 12.8. The van der Waals surface area contributed by atoms with E-state index in [1.54, 1.807) is 28.9 Å². The van der Waals surface area contributed by atoms with Crippen molar-refractivity contribution in [3.8, 4) is 0 Å². The Labute approximate surface area is 127 Å². The van der Waals surface area contributed by atoms with E-state index in [9.17, 15) is 18.5 Å². The van der Waals surface area contributed by atoms with Crippen molar-refractivity contribution in [1.29, 1.82) is 0 Å². The van der Waals surface area contributed by atoms with Crippen LogP contribution in [0.5, 0.6) is 0 Å². The number of hydrogen-bond acceptors (Lipinski definition) is 6. The Morgan fingerprint density at radius 1 is 1.41 bits per heavy atom. The second-order valence-electron chi connectivity index (χ2n) is 4.80. The second-order valence-corrected chi connectivity index (χ2v) is 6.36. The van der Waals surface area contributed by atoms with Gasteiger partial charge in [-0.25, -0.2) is 18.5 Å². The number of sulfonamides is 1. The van der Waals surface area contributed by atoms with Crippen molar-refractivity contribution in [3.63, 3.8) is 0 Å². The normalized spacial score (nSPS) is 11.4. The van der Waals surface area contributed by atoms with Gasteiger partial charge in [-0.05, 0) is 6.07 Å². The first kappa shape index (κ1) is 15.9. The van der Waals surface area contributed by atoms with Gasteiger partial charge in [0.15, 0.2) is 0 Å². The SMILES string of the molecule is CN(Cc1nccn1C)c1cc([N+](=O)[O-])cc(S(N)(=O)=O)c1. The molecule has 1 aromatic carbocycles. The topological polar surface area (TPSA) is 124 Å². The lowest BCUT2D eigenvalue weighted by molar-refractivity contribution is -0.385. The highest BCUT2D eigenvalue weighted by Crippen LogP contribution is 2.26. The molecule has 0 saturated carbocycles. The van der Waals surface area contributed by atoms with Crippen molar-refractivity contribution in [2.45, 2.75) is 11.4 Å². The maximum absolute atomic E-state index is 11.5. The van der Waals surface area contributed by atoms with Crippen molar-refractivity contribution in [3.05, 3.63) is 46.5 Å². The van der Waals surface area contributed by atoms with E-state index in [1.165, 1.54) is 12.1 Å². The van der Waals surface area contributed by atoms with Crippen molar-refractivity contribution < 1.29 is 13.3 Å². The van der Waals surface area contributed by atoms with Crippen LogP contribution >= 0.6 is 0 Å². The molecule has 2 aromatic rings. The van der Waals surface area contributed by atoms with E-state index >= 15 is 0 Å². The molecule has 0 spiro atoms. The molecule has 22 heavy (non-hydrogen) atoms. The van der Waals surface area contributed by atoms with Gasteiger partial charge >= 0.3 is 0 Å². The molecule has 0 aliphatic heterocycles. The summed E-state index contributed by atoms with van der Waals surface area (Å²) in [6, 6.07) is 3.52. The lowest BCUT2D eigenvalue weighted by atomic mass is 10.2. The van der Waals surface area contributed by atoms with Crippen LogP contribution in [0.2, 0.25) is 0 Å². The molecule has 1 aromatic heterocycles. The number of hydrogen-bond donors (Lipinski definition) is 1. The zero-order valence-electron chi connectivity index (χ0n) is 12.0. The van der Waals surface area contributed by atoms with E-state index in [0.717, 1.165) is 11.9 Å². The van der Waals surface area contributed by atoms with Gasteiger partial charge in [0.05, 0.1) is 16.4 Å². The van der Waals surface area contributed by atoms with Crippen LogP contribution in [0.3, 0.4) is 0 Å². The average molecular weight is 325 g/mol. The van der Waals surface area contributed by atoms with Crippen LogP contribution in [0.25, 0.3) is 0 Å². The van der Waals surface area contributed by atoms with E-state index in [1.807, 2.05) is 7.05 Å². The third kappa shape index (κ3) is 3.40. The average Bonchev–Trinajstić information content (AvgIpc) is 2.82. The summed E-state index contributed by atoms with van der Waals surface area (Å²) >= 11 is 0. The molecule has 0 saturated heterocycles. The van der Waals surface area contributed by atoms with E-state index in [-0.39, 0.29) is 10.6 Å².